The van der Waals surface area contributed by atoms with Gasteiger partial charge in [0.05, 0.1) is 19.9 Å². The van der Waals surface area contributed by atoms with Gasteiger partial charge in [0.15, 0.2) is 0 Å². The molecule has 0 radical (unpaired) electrons. The summed E-state index contributed by atoms with van der Waals surface area (Å²) in [5.41, 5.74) is 3.29. The fraction of sp³-hybridized carbons (Fsp3) is 0.154. The van der Waals surface area contributed by atoms with E-state index in [1.165, 1.54) is 0 Å². The molecule has 0 fully saturated rings. The Morgan fingerprint density at radius 1 is 1.05 bits per heavy atom. The van der Waals surface area contributed by atoms with E-state index in [0.29, 0.717) is 17.4 Å². The number of nitrogens with one attached hydrogen (secondary N) is 2. The SMILES string of the molecule is COc1ccc(Nc2cccc(NN)n2)c(OC)c1. The molecule has 6 nitrogen and oxygen atoms in total. The summed E-state index contributed by atoms with van der Waals surface area (Å²) in [7, 11) is 3.21. The van der Waals surface area contributed by atoms with Gasteiger partial charge in [-0.05, 0) is 24.3 Å². The van der Waals surface area contributed by atoms with Crippen molar-refractivity contribution in [1.29, 1.82) is 0 Å². The van der Waals surface area contributed by atoms with Crippen LogP contribution in [-0.4, -0.2) is 19.2 Å². The number of rotatable bonds is 5. The van der Waals surface area contributed by atoms with E-state index < -0.39 is 0 Å². The summed E-state index contributed by atoms with van der Waals surface area (Å²) >= 11 is 0. The van der Waals surface area contributed by atoms with Gasteiger partial charge in [0.25, 0.3) is 0 Å². The molecule has 0 aliphatic rings. The molecule has 0 saturated heterocycles. The van der Waals surface area contributed by atoms with Crippen LogP contribution in [0.2, 0.25) is 0 Å². The van der Waals surface area contributed by atoms with Crippen LogP contribution in [-0.2, 0) is 0 Å². The summed E-state index contributed by atoms with van der Waals surface area (Å²) in [6.07, 6.45) is 0. The molecule has 0 unspecified atom stereocenters. The fourth-order valence-electron chi connectivity index (χ4n) is 1.62. The van der Waals surface area contributed by atoms with Gasteiger partial charge in [-0.1, -0.05) is 6.07 Å². The number of aromatic nitrogens is 1. The van der Waals surface area contributed by atoms with Gasteiger partial charge in [0, 0.05) is 6.07 Å². The molecule has 1 aromatic carbocycles. The van der Waals surface area contributed by atoms with Crippen molar-refractivity contribution in [2.45, 2.75) is 0 Å². The lowest BCUT2D eigenvalue weighted by Gasteiger charge is -2.12. The minimum atomic E-state index is 0.581. The lowest BCUT2D eigenvalue weighted by Crippen LogP contribution is -2.09. The highest BCUT2D eigenvalue weighted by atomic mass is 16.5. The summed E-state index contributed by atoms with van der Waals surface area (Å²) in [4.78, 5) is 4.27. The van der Waals surface area contributed by atoms with E-state index in [-0.39, 0.29) is 0 Å². The maximum absolute atomic E-state index is 5.32. The maximum atomic E-state index is 5.32. The molecule has 4 N–H and O–H groups in total. The fourth-order valence-corrected chi connectivity index (χ4v) is 1.62. The van der Waals surface area contributed by atoms with Crippen molar-refractivity contribution in [3.63, 3.8) is 0 Å². The molecule has 2 aromatic rings. The molecule has 0 atom stereocenters. The third kappa shape index (κ3) is 3.05. The molecule has 2 rings (SSSR count). The third-order valence-electron chi connectivity index (χ3n) is 2.57. The van der Waals surface area contributed by atoms with Crippen LogP contribution in [0, 0.1) is 0 Å². The lowest BCUT2D eigenvalue weighted by molar-refractivity contribution is 0.395. The highest BCUT2D eigenvalue weighted by Gasteiger charge is 2.06. The van der Waals surface area contributed by atoms with Crippen LogP contribution >= 0.6 is 0 Å². The number of benzene rings is 1. The molecular formula is C13H16N4O2. The van der Waals surface area contributed by atoms with E-state index in [0.717, 1.165) is 11.4 Å². The zero-order valence-corrected chi connectivity index (χ0v) is 10.8. The molecule has 0 spiro atoms. The van der Waals surface area contributed by atoms with Crippen molar-refractivity contribution >= 4 is 17.3 Å². The topological polar surface area (TPSA) is 81.4 Å². The first kappa shape index (κ1) is 13.0. The van der Waals surface area contributed by atoms with Crippen molar-refractivity contribution in [1.82, 2.24) is 4.98 Å². The first-order chi connectivity index (χ1) is 9.26. The number of ether oxygens (including phenoxy) is 2. The number of methoxy groups -OCH3 is 2. The Morgan fingerprint density at radius 2 is 1.84 bits per heavy atom. The highest BCUT2D eigenvalue weighted by molar-refractivity contribution is 5.66. The molecule has 1 aromatic heterocycles. The molecule has 100 valence electrons. The van der Waals surface area contributed by atoms with E-state index in [1.807, 2.05) is 24.3 Å². The van der Waals surface area contributed by atoms with E-state index in [4.69, 9.17) is 15.3 Å². The first-order valence-electron chi connectivity index (χ1n) is 5.69. The Kier molecular flexibility index (Phi) is 4.04. The van der Waals surface area contributed by atoms with E-state index in [2.05, 4.69) is 15.7 Å². The quantitative estimate of drug-likeness (QED) is 0.564. The van der Waals surface area contributed by atoms with Crippen LogP contribution in [0.15, 0.2) is 36.4 Å². The van der Waals surface area contributed by atoms with Gasteiger partial charge >= 0.3 is 0 Å². The summed E-state index contributed by atoms with van der Waals surface area (Å²) in [6, 6.07) is 11.0. The van der Waals surface area contributed by atoms with E-state index in [9.17, 15) is 0 Å². The Morgan fingerprint density at radius 3 is 2.53 bits per heavy atom. The minimum absolute atomic E-state index is 0.581. The smallest absolute Gasteiger partial charge is 0.146 e. The maximum Gasteiger partial charge on any atom is 0.146 e. The van der Waals surface area contributed by atoms with Gasteiger partial charge in [0.1, 0.15) is 23.1 Å². The molecule has 6 heteroatoms. The largest absolute Gasteiger partial charge is 0.497 e. The normalized spacial score (nSPS) is 9.84. The van der Waals surface area contributed by atoms with Gasteiger partial charge in [-0.3, -0.25) is 0 Å². The van der Waals surface area contributed by atoms with E-state index >= 15 is 0 Å². The van der Waals surface area contributed by atoms with Gasteiger partial charge in [-0.2, -0.15) is 0 Å². The molecule has 0 aliphatic carbocycles. The van der Waals surface area contributed by atoms with Crippen LogP contribution in [0.5, 0.6) is 11.5 Å². The predicted octanol–water partition coefficient (Wildman–Crippen LogP) is 2.13. The number of pyridine rings is 1. The second-order valence-electron chi connectivity index (χ2n) is 3.74. The summed E-state index contributed by atoms with van der Waals surface area (Å²) < 4.78 is 10.5. The zero-order chi connectivity index (χ0) is 13.7. The highest BCUT2D eigenvalue weighted by Crippen LogP contribution is 2.31. The van der Waals surface area contributed by atoms with Gasteiger partial charge < -0.3 is 20.2 Å². The van der Waals surface area contributed by atoms with Crippen LogP contribution < -0.4 is 26.1 Å². The number of hydrogen-bond acceptors (Lipinski definition) is 6. The van der Waals surface area contributed by atoms with Gasteiger partial charge in [0.2, 0.25) is 0 Å². The number of nitrogens with two attached hydrogens (primary N) is 1. The molecular weight excluding hydrogens is 244 g/mol. The van der Waals surface area contributed by atoms with Crippen molar-refractivity contribution in [3.8, 4) is 11.5 Å². The van der Waals surface area contributed by atoms with Crippen molar-refractivity contribution in [3.05, 3.63) is 36.4 Å². The summed E-state index contributed by atoms with van der Waals surface area (Å²) in [6.45, 7) is 0. The zero-order valence-electron chi connectivity index (χ0n) is 10.8. The van der Waals surface area contributed by atoms with Gasteiger partial charge in [-0.15, -0.1) is 0 Å². The first-order valence-corrected chi connectivity index (χ1v) is 5.69. The van der Waals surface area contributed by atoms with Crippen LogP contribution in [0.3, 0.4) is 0 Å². The second kappa shape index (κ2) is 5.92. The van der Waals surface area contributed by atoms with Crippen molar-refractivity contribution in [2.75, 3.05) is 25.0 Å². The van der Waals surface area contributed by atoms with E-state index in [1.54, 1.807) is 26.4 Å². The van der Waals surface area contributed by atoms with Crippen molar-refractivity contribution in [2.24, 2.45) is 5.84 Å². The second-order valence-corrected chi connectivity index (χ2v) is 3.74. The standard InChI is InChI=1S/C13H16N4O2/c1-18-9-6-7-10(11(8-9)19-2)15-12-4-3-5-13(16-12)17-14/h3-8H,14H2,1-2H3,(H2,15,16,17). The summed E-state index contributed by atoms with van der Waals surface area (Å²) in [5, 5.41) is 3.16. The van der Waals surface area contributed by atoms with Crippen LogP contribution in [0.1, 0.15) is 0 Å². The molecule has 0 bridgehead atoms. The third-order valence-corrected chi connectivity index (χ3v) is 2.57. The molecule has 0 saturated carbocycles. The average molecular weight is 260 g/mol. The van der Waals surface area contributed by atoms with Crippen LogP contribution in [0.25, 0.3) is 0 Å². The molecule has 1 heterocycles. The van der Waals surface area contributed by atoms with Gasteiger partial charge in [-0.25, -0.2) is 10.8 Å². The number of nitrogens with zero attached hydrogens (tertiary/aromatic N) is 1. The minimum Gasteiger partial charge on any atom is -0.497 e. The number of hydrogen-bond donors (Lipinski definition) is 3. The molecule has 19 heavy (non-hydrogen) atoms. The van der Waals surface area contributed by atoms with Crippen LogP contribution in [0.4, 0.5) is 17.3 Å². The number of nitrogen functional groups attached to an aromatic ring is 1. The Balaban J connectivity index is 2.26. The summed E-state index contributed by atoms with van der Waals surface area (Å²) in [5.74, 6) is 7.97. The van der Waals surface area contributed by atoms with Crippen molar-refractivity contribution < 1.29 is 9.47 Å². The Hall–Kier alpha value is -2.47. The molecule has 0 aliphatic heterocycles. The Bertz CT molecular complexity index is 560. The number of anilines is 3. The predicted molar refractivity (Wildman–Crippen MR) is 74.9 cm³/mol. The lowest BCUT2D eigenvalue weighted by atomic mass is 10.2. The average Bonchev–Trinajstić information content (AvgIpc) is 2.48. The Labute approximate surface area is 111 Å². The monoisotopic (exact) mass is 260 g/mol. The number of hydrazine groups is 1. The molecule has 0 amide bonds.